The van der Waals surface area contributed by atoms with Crippen molar-refractivity contribution in [1.82, 2.24) is 15.5 Å². The highest BCUT2D eigenvalue weighted by atomic mass is 16.6. The van der Waals surface area contributed by atoms with Crippen molar-refractivity contribution in [3.63, 3.8) is 0 Å². The molecule has 1 aromatic carbocycles. The molecule has 0 spiro atoms. The van der Waals surface area contributed by atoms with Gasteiger partial charge < -0.3 is 25.0 Å². The number of nitro benzene ring substituents is 1. The van der Waals surface area contributed by atoms with Crippen molar-refractivity contribution in [3.05, 3.63) is 62.5 Å². The fourth-order valence-corrected chi connectivity index (χ4v) is 4.66. The van der Waals surface area contributed by atoms with Crippen LogP contribution in [0.4, 0.5) is 5.69 Å². The van der Waals surface area contributed by atoms with Gasteiger partial charge in [-0.2, -0.15) is 0 Å². The number of non-ortho nitro benzene ring substituents is 1. The number of carbonyl (C=O) groups is 2. The maximum atomic E-state index is 13.5. The molecule has 1 atom stereocenters. The normalized spacial score (nSPS) is 19.3. The molecule has 0 aromatic heterocycles. The van der Waals surface area contributed by atoms with Gasteiger partial charge in [0.2, 0.25) is 0 Å². The Morgan fingerprint density at radius 3 is 2.37 bits per heavy atom. The molecule has 10 nitrogen and oxygen atoms in total. The summed E-state index contributed by atoms with van der Waals surface area (Å²) in [5, 5.41) is 17.8. The topological polar surface area (TPSA) is 123 Å². The molecular formula is C25H34N4O6. The number of allylic oxidation sites excluding steroid dienone is 2. The number of nitro groups is 1. The number of dihydropyridines is 1. The summed E-state index contributed by atoms with van der Waals surface area (Å²) in [5.41, 5.74) is 1.50. The maximum Gasteiger partial charge on any atom is 0.336 e. The molecule has 0 amide bonds. The number of benzene rings is 1. The predicted octanol–water partition coefficient (Wildman–Crippen LogP) is 2.48. The Kier molecular flexibility index (Phi) is 8.29. The Bertz CT molecular complexity index is 1060. The number of methoxy groups -OCH3 is 1. The number of hydrogen-bond donors (Lipinski definition) is 2. The number of piperazine rings is 1. The number of ether oxygens (including phenoxy) is 2. The van der Waals surface area contributed by atoms with Crippen LogP contribution >= 0.6 is 0 Å². The fraction of sp³-hybridized carbons (Fsp3) is 0.520. The molecular weight excluding hydrogens is 452 g/mol. The summed E-state index contributed by atoms with van der Waals surface area (Å²) in [7, 11) is 1.26. The summed E-state index contributed by atoms with van der Waals surface area (Å²) in [6, 6.07) is 5.94. The van der Waals surface area contributed by atoms with Crippen LogP contribution in [0.1, 0.15) is 39.2 Å². The average Bonchev–Trinajstić information content (AvgIpc) is 2.82. The van der Waals surface area contributed by atoms with Gasteiger partial charge in [-0.15, -0.1) is 0 Å². The standard InChI is InChI=1S/C25H34N4O6/c1-16-20(23(30)34-5)22(18-7-6-8-19(13-18)29(32)33)21(17(2)27-16)24(31)35-15-25(3,4)14-28-11-9-26-10-12-28/h6-8,13,22,26-27H,9-12,14-15H2,1-5H3. The second-order valence-electron chi connectivity index (χ2n) is 9.75. The number of nitrogens with one attached hydrogen (secondary N) is 2. The molecule has 10 heteroatoms. The fourth-order valence-electron chi connectivity index (χ4n) is 4.66. The molecule has 0 aliphatic carbocycles. The van der Waals surface area contributed by atoms with E-state index in [-0.39, 0.29) is 28.9 Å². The first-order valence-electron chi connectivity index (χ1n) is 11.7. The van der Waals surface area contributed by atoms with Crippen LogP contribution in [0.2, 0.25) is 0 Å². The molecule has 35 heavy (non-hydrogen) atoms. The van der Waals surface area contributed by atoms with Crippen molar-refractivity contribution in [2.45, 2.75) is 33.6 Å². The lowest BCUT2D eigenvalue weighted by atomic mass is 9.80. The van der Waals surface area contributed by atoms with Gasteiger partial charge in [0.05, 0.1) is 35.7 Å². The monoisotopic (exact) mass is 486 g/mol. The first kappa shape index (κ1) is 26.4. The van der Waals surface area contributed by atoms with E-state index in [4.69, 9.17) is 9.47 Å². The van der Waals surface area contributed by atoms with Crippen LogP contribution in [0.5, 0.6) is 0 Å². The van der Waals surface area contributed by atoms with Crippen molar-refractivity contribution in [2.24, 2.45) is 5.41 Å². The minimum atomic E-state index is -0.868. The van der Waals surface area contributed by atoms with E-state index in [2.05, 4.69) is 15.5 Å². The number of esters is 2. The van der Waals surface area contributed by atoms with Crippen LogP contribution in [0.3, 0.4) is 0 Å². The molecule has 2 aliphatic heterocycles. The van der Waals surface area contributed by atoms with Crippen molar-refractivity contribution in [3.8, 4) is 0 Å². The van der Waals surface area contributed by atoms with Crippen LogP contribution in [0.25, 0.3) is 0 Å². The number of nitrogens with zero attached hydrogens (tertiary/aromatic N) is 2. The third-order valence-electron chi connectivity index (χ3n) is 6.26. The smallest absolute Gasteiger partial charge is 0.336 e. The first-order chi connectivity index (χ1) is 16.5. The van der Waals surface area contributed by atoms with Gasteiger partial charge in [0, 0.05) is 61.7 Å². The molecule has 1 unspecified atom stereocenters. The summed E-state index contributed by atoms with van der Waals surface area (Å²) in [5.74, 6) is -2.07. The van der Waals surface area contributed by atoms with Crippen LogP contribution in [0.15, 0.2) is 46.8 Å². The molecule has 2 heterocycles. The molecule has 2 aliphatic rings. The number of hydrogen-bond acceptors (Lipinski definition) is 9. The van der Waals surface area contributed by atoms with E-state index in [1.807, 2.05) is 13.8 Å². The average molecular weight is 487 g/mol. The Morgan fingerprint density at radius 2 is 1.77 bits per heavy atom. The molecule has 0 bridgehead atoms. The summed E-state index contributed by atoms with van der Waals surface area (Å²) in [6.07, 6.45) is 0. The lowest BCUT2D eigenvalue weighted by molar-refractivity contribution is -0.384. The van der Waals surface area contributed by atoms with E-state index in [1.165, 1.54) is 25.3 Å². The van der Waals surface area contributed by atoms with E-state index in [9.17, 15) is 19.7 Å². The second kappa shape index (κ2) is 11.0. The molecule has 0 radical (unpaired) electrons. The summed E-state index contributed by atoms with van der Waals surface area (Å²) >= 11 is 0. The zero-order chi connectivity index (χ0) is 25.8. The van der Waals surface area contributed by atoms with Crippen LogP contribution in [-0.2, 0) is 19.1 Å². The van der Waals surface area contributed by atoms with Gasteiger partial charge in [-0.3, -0.25) is 10.1 Å². The largest absolute Gasteiger partial charge is 0.466 e. The van der Waals surface area contributed by atoms with Crippen LogP contribution < -0.4 is 10.6 Å². The highest BCUT2D eigenvalue weighted by Crippen LogP contribution is 2.40. The SMILES string of the molecule is COC(=O)C1=C(C)NC(C)=C(C(=O)OCC(C)(C)CN2CCNCC2)C1c1cccc([N+](=O)[O-])c1. The van der Waals surface area contributed by atoms with Crippen molar-refractivity contribution < 1.29 is 24.0 Å². The second-order valence-corrected chi connectivity index (χ2v) is 9.75. The molecule has 1 aromatic rings. The minimum absolute atomic E-state index is 0.134. The minimum Gasteiger partial charge on any atom is -0.466 e. The molecule has 1 fully saturated rings. The van der Waals surface area contributed by atoms with Gasteiger partial charge in [-0.1, -0.05) is 26.0 Å². The van der Waals surface area contributed by atoms with Gasteiger partial charge in [0.1, 0.15) is 0 Å². The van der Waals surface area contributed by atoms with Crippen LogP contribution in [0, 0.1) is 15.5 Å². The molecule has 190 valence electrons. The van der Waals surface area contributed by atoms with Crippen LogP contribution in [-0.4, -0.2) is 68.2 Å². The Balaban J connectivity index is 1.90. The molecule has 0 saturated carbocycles. The molecule has 1 saturated heterocycles. The maximum absolute atomic E-state index is 13.5. The highest BCUT2D eigenvalue weighted by Gasteiger charge is 2.39. The van der Waals surface area contributed by atoms with Gasteiger partial charge in [-0.25, -0.2) is 9.59 Å². The third kappa shape index (κ3) is 6.26. The van der Waals surface area contributed by atoms with Gasteiger partial charge in [-0.05, 0) is 19.4 Å². The van der Waals surface area contributed by atoms with Gasteiger partial charge in [0.15, 0.2) is 0 Å². The zero-order valence-electron chi connectivity index (χ0n) is 21.0. The van der Waals surface area contributed by atoms with E-state index < -0.39 is 22.8 Å². The summed E-state index contributed by atoms with van der Waals surface area (Å²) in [4.78, 5) is 39.5. The summed E-state index contributed by atoms with van der Waals surface area (Å²) in [6.45, 7) is 12.2. The predicted molar refractivity (Wildman–Crippen MR) is 130 cm³/mol. The molecule has 3 rings (SSSR count). The number of rotatable bonds is 8. The van der Waals surface area contributed by atoms with Gasteiger partial charge in [0.25, 0.3) is 5.69 Å². The Morgan fingerprint density at radius 1 is 1.14 bits per heavy atom. The van der Waals surface area contributed by atoms with Crippen molar-refractivity contribution >= 4 is 17.6 Å². The lowest BCUT2D eigenvalue weighted by Crippen LogP contribution is -2.48. The van der Waals surface area contributed by atoms with E-state index >= 15 is 0 Å². The van der Waals surface area contributed by atoms with E-state index in [1.54, 1.807) is 19.9 Å². The van der Waals surface area contributed by atoms with Crippen molar-refractivity contribution in [1.29, 1.82) is 0 Å². The Labute approximate surface area is 205 Å². The number of carbonyl (C=O) groups excluding carboxylic acids is 2. The van der Waals surface area contributed by atoms with E-state index in [0.29, 0.717) is 17.0 Å². The van der Waals surface area contributed by atoms with Gasteiger partial charge >= 0.3 is 11.9 Å². The highest BCUT2D eigenvalue weighted by molar-refractivity contribution is 5.99. The third-order valence-corrected chi connectivity index (χ3v) is 6.26. The molecule has 2 N–H and O–H groups in total. The first-order valence-corrected chi connectivity index (χ1v) is 11.7. The summed E-state index contributed by atoms with van der Waals surface area (Å²) < 4.78 is 10.8. The quantitative estimate of drug-likeness (QED) is 0.324. The lowest BCUT2D eigenvalue weighted by Gasteiger charge is -2.35. The Hall–Kier alpha value is -3.24. The van der Waals surface area contributed by atoms with Crippen molar-refractivity contribution in [2.75, 3.05) is 46.4 Å². The van der Waals surface area contributed by atoms with E-state index in [0.717, 1.165) is 32.7 Å². The zero-order valence-corrected chi connectivity index (χ0v) is 21.0.